The fourth-order valence-electron chi connectivity index (χ4n) is 4.18. The van der Waals surface area contributed by atoms with Gasteiger partial charge in [0.1, 0.15) is 0 Å². The third-order valence-corrected chi connectivity index (χ3v) is 5.46. The number of alkyl halides is 1. The number of fused-ring (bicyclic) bond motifs is 3. The fraction of sp³-hybridized carbons (Fsp3) is 0.167. The van der Waals surface area contributed by atoms with E-state index >= 15 is 4.39 Å². The molecule has 1 aromatic heterocycles. The number of benzene rings is 3. The van der Waals surface area contributed by atoms with Gasteiger partial charge in [0.2, 0.25) is 0 Å². The second kappa shape index (κ2) is 5.84. The molecule has 0 N–H and O–H groups in total. The molecule has 0 saturated heterocycles. The Kier molecular flexibility index (Phi) is 3.46. The Morgan fingerprint density at radius 2 is 1.50 bits per heavy atom. The van der Waals surface area contributed by atoms with Gasteiger partial charge < -0.3 is 4.57 Å². The van der Waals surface area contributed by atoms with Crippen molar-refractivity contribution in [1.82, 2.24) is 4.57 Å². The van der Waals surface area contributed by atoms with Crippen LogP contribution in [-0.2, 0) is 5.67 Å². The van der Waals surface area contributed by atoms with E-state index in [0.717, 1.165) is 35.1 Å². The molecule has 2 heteroatoms. The van der Waals surface area contributed by atoms with Gasteiger partial charge in [-0.05, 0) is 55.2 Å². The molecule has 0 spiro atoms. The van der Waals surface area contributed by atoms with Gasteiger partial charge in [-0.2, -0.15) is 0 Å². The van der Waals surface area contributed by atoms with Crippen molar-refractivity contribution < 1.29 is 4.39 Å². The predicted molar refractivity (Wildman–Crippen MR) is 107 cm³/mol. The minimum atomic E-state index is -1.35. The van der Waals surface area contributed by atoms with Crippen LogP contribution >= 0.6 is 0 Å². The van der Waals surface area contributed by atoms with Crippen LogP contribution in [0.25, 0.3) is 27.5 Å². The van der Waals surface area contributed by atoms with Gasteiger partial charge in [-0.15, -0.1) is 0 Å². The van der Waals surface area contributed by atoms with E-state index in [1.165, 1.54) is 10.8 Å². The zero-order valence-corrected chi connectivity index (χ0v) is 14.5. The van der Waals surface area contributed by atoms with Crippen LogP contribution in [0.3, 0.4) is 0 Å². The molecule has 0 saturated carbocycles. The van der Waals surface area contributed by atoms with Crippen molar-refractivity contribution in [3.8, 4) is 5.69 Å². The first-order valence-corrected chi connectivity index (χ1v) is 9.22. The summed E-state index contributed by atoms with van der Waals surface area (Å²) in [5, 5.41) is 2.45. The molecule has 3 aromatic carbocycles. The van der Waals surface area contributed by atoms with Gasteiger partial charge in [-0.1, -0.05) is 54.6 Å². The van der Waals surface area contributed by atoms with Gasteiger partial charge in [0, 0.05) is 16.5 Å². The maximum absolute atomic E-state index is 15.5. The average Bonchev–Trinajstić information content (AvgIpc) is 3.03. The van der Waals surface area contributed by atoms with Gasteiger partial charge >= 0.3 is 0 Å². The molecule has 1 nitrogen and oxygen atoms in total. The highest BCUT2D eigenvalue weighted by molar-refractivity contribution is 6.09. The summed E-state index contributed by atoms with van der Waals surface area (Å²) in [5.41, 5.74) is 2.70. The molecule has 0 radical (unpaired) electrons. The SMILES string of the molecule is FC1(c2cccc(-n3c4ccccc4c4ccccc43)c2)C=CCCC1. The van der Waals surface area contributed by atoms with Gasteiger partial charge in [0.25, 0.3) is 0 Å². The summed E-state index contributed by atoms with van der Waals surface area (Å²) in [6.07, 6.45) is 6.13. The van der Waals surface area contributed by atoms with Crippen molar-refractivity contribution >= 4 is 21.8 Å². The van der Waals surface area contributed by atoms with Crippen LogP contribution < -0.4 is 0 Å². The standard InChI is InChI=1S/C24H20FN/c25-24(15-6-1-7-16-24)18-9-8-10-19(17-18)26-22-13-4-2-11-20(22)21-12-3-5-14-23(21)26/h2-6,8-15,17H,1,7,16H2. The Morgan fingerprint density at radius 3 is 2.15 bits per heavy atom. The molecule has 26 heavy (non-hydrogen) atoms. The number of aromatic nitrogens is 1. The molecule has 1 unspecified atom stereocenters. The summed E-state index contributed by atoms with van der Waals surface area (Å²) in [4.78, 5) is 0. The van der Waals surface area contributed by atoms with Crippen LogP contribution in [0.15, 0.2) is 84.9 Å². The lowest BCUT2D eigenvalue weighted by molar-refractivity contribution is 0.205. The molecule has 1 atom stereocenters. The summed E-state index contributed by atoms with van der Waals surface area (Å²) in [5.74, 6) is 0. The van der Waals surface area contributed by atoms with Gasteiger partial charge in [-0.3, -0.25) is 0 Å². The Bertz CT molecular complexity index is 1080. The molecular formula is C24H20FN. The van der Waals surface area contributed by atoms with Gasteiger partial charge in [-0.25, -0.2) is 4.39 Å². The monoisotopic (exact) mass is 341 g/mol. The molecule has 4 aromatic rings. The van der Waals surface area contributed by atoms with E-state index in [-0.39, 0.29) is 0 Å². The van der Waals surface area contributed by atoms with Crippen LogP contribution in [0.4, 0.5) is 4.39 Å². The number of halogens is 1. The van der Waals surface area contributed by atoms with E-state index in [1.807, 2.05) is 24.3 Å². The van der Waals surface area contributed by atoms with Crippen molar-refractivity contribution in [3.05, 3.63) is 90.5 Å². The van der Waals surface area contributed by atoms with E-state index in [2.05, 4.69) is 59.2 Å². The largest absolute Gasteiger partial charge is 0.309 e. The summed E-state index contributed by atoms with van der Waals surface area (Å²) in [6.45, 7) is 0. The van der Waals surface area contributed by atoms with Crippen molar-refractivity contribution in [2.24, 2.45) is 0 Å². The van der Waals surface area contributed by atoms with Crippen LogP contribution in [0, 0.1) is 0 Å². The first-order chi connectivity index (χ1) is 12.8. The van der Waals surface area contributed by atoms with E-state index in [1.54, 1.807) is 6.08 Å². The van der Waals surface area contributed by atoms with Crippen molar-refractivity contribution in [1.29, 1.82) is 0 Å². The number of hydrogen-bond acceptors (Lipinski definition) is 0. The summed E-state index contributed by atoms with van der Waals surface area (Å²) >= 11 is 0. The van der Waals surface area contributed by atoms with Crippen LogP contribution in [0.1, 0.15) is 24.8 Å². The summed E-state index contributed by atoms with van der Waals surface area (Å²) in [6, 6.07) is 24.8. The molecule has 128 valence electrons. The van der Waals surface area contributed by atoms with E-state index in [0.29, 0.717) is 6.42 Å². The quantitative estimate of drug-likeness (QED) is 0.358. The lowest BCUT2D eigenvalue weighted by atomic mass is 9.86. The molecule has 1 aliphatic rings. The Labute approximate surface area is 152 Å². The summed E-state index contributed by atoms with van der Waals surface area (Å²) in [7, 11) is 0. The normalized spacial score (nSPS) is 20.0. The van der Waals surface area contributed by atoms with Crippen LogP contribution in [0.5, 0.6) is 0 Å². The Balaban J connectivity index is 1.77. The van der Waals surface area contributed by atoms with Crippen molar-refractivity contribution in [3.63, 3.8) is 0 Å². The highest BCUT2D eigenvalue weighted by Gasteiger charge is 2.30. The second-order valence-electron chi connectivity index (χ2n) is 7.08. The molecular weight excluding hydrogens is 321 g/mol. The molecule has 1 heterocycles. The molecule has 0 fully saturated rings. The van der Waals surface area contributed by atoms with E-state index in [4.69, 9.17) is 0 Å². The smallest absolute Gasteiger partial charge is 0.154 e. The number of para-hydroxylation sites is 2. The second-order valence-corrected chi connectivity index (χ2v) is 7.08. The number of hydrogen-bond donors (Lipinski definition) is 0. The highest BCUT2D eigenvalue weighted by atomic mass is 19.1. The van der Waals surface area contributed by atoms with Crippen molar-refractivity contribution in [2.45, 2.75) is 24.9 Å². The zero-order chi connectivity index (χ0) is 17.6. The lowest BCUT2D eigenvalue weighted by Crippen LogP contribution is -2.19. The third-order valence-electron chi connectivity index (χ3n) is 5.46. The molecule has 0 amide bonds. The first-order valence-electron chi connectivity index (χ1n) is 9.22. The third kappa shape index (κ3) is 2.29. The van der Waals surface area contributed by atoms with Crippen LogP contribution in [0.2, 0.25) is 0 Å². The van der Waals surface area contributed by atoms with Crippen LogP contribution in [-0.4, -0.2) is 4.57 Å². The molecule has 1 aliphatic carbocycles. The predicted octanol–water partition coefficient (Wildman–Crippen LogP) is 6.69. The van der Waals surface area contributed by atoms with E-state index < -0.39 is 5.67 Å². The Morgan fingerprint density at radius 1 is 0.808 bits per heavy atom. The van der Waals surface area contributed by atoms with E-state index in [9.17, 15) is 0 Å². The minimum Gasteiger partial charge on any atom is -0.309 e. The maximum Gasteiger partial charge on any atom is 0.154 e. The minimum absolute atomic E-state index is 0.556. The number of allylic oxidation sites excluding steroid dienone is 2. The maximum atomic E-state index is 15.5. The first kappa shape index (κ1) is 15.4. The van der Waals surface area contributed by atoms with Gasteiger partial charge in [0.05, 0.1) is 11.0 Å². The number of nitrogens with zero attached hydrogens (tertiary/aromatic N) is 1. The summed E-state index contributed by atoms with van der Waals surface area (Å²) < 4.78 is 17.7. The average molecular weight is 341 g/mol. The lowest BCUT2D eigenvalue weighted by Gasteiger charge is -2.25. The fourth-order valence-corrected chi connectivity index (χ4v) is 4.18. The number of rotatable bonds is 2. The van der Waals surface area contributed by atoms with Gasteiger partial charge in [0.15, 0.2) is 5.67 Å². The Hall–Kier alpha value is -2.87. The molecule has 5 rings (SSSR count). The van der Waals surface area contributed by atoms with Crippen molar-refractivity contribution in [2.75, 3.05) is 0 Å². The molecule has 0 bridgehead atoms. The zero-order valence-electron chi connectivity index (χ0n) is 14.5. The highest BCUT2D eigenvalue weighted by Crippen LogP contribution is 2.38. The molecule has 0 aliphatic heterocycles. The topological polar surface area (TPSA) is 4.93 Å².